The molecule has 0 radical (unpaired) electrons. The summed E-state index contributed by atoms with van der Waals surface area (Å²) in [5.74, 6) is -4.36. The molecule has 2 fully saturated rings. The second-order valence-electron chi connectivity index (χ2n) is 10.6. The molecular weight excluding hydrogens is 522 g/mol. The fourth-order valence-electron chi connectivity index (χ4n) is 5.04. The Labute approximate surface area is 227 Å². The predicted molar refractivity (Wildman–Crippen MR) is 138 cm³/mol. The van der Waals surface area contributed by atoms with Crippen molar-refractivity contribution >= 4 is 34.6 Å². The number of halogens is 2. The summed E-state index contributed by atoms with van der Waals surface area (Å²) in [5.41, 5.74) is 0.183. The van der Waals surface area contributed by atoms with Crippen molar-refractivity contribution < 1.29 is 32.3 Å². The molecule has 2 heterocycles. The number of nitrogens with one attached hydrogen (secondary N) is 2. The molecule has 9 nitrogen and oxygen atoms in total. The molecule has 3 aliphatic rings. The summed E-state index contributed by atoms with van der Waals surface area (Å²) in [6.45, 7) is -0.0684. The van der Waals surface area contributed by atoms with Gasteiger partial charge < -0.3 is 19.8 Å². The minimum absolute atomic E-state index is 0.0607. The molecule has 0 atom stereocenters. The molecule has 3 amide bonds. The number of aliphatic imine (C=N–C) groups is 1. The lowest BCUT2D eigenvalue weighted by Gasteiger charge is -2.39. The molecule has 40 heavy (non-hydrogen) atoms. The molecule has 0 spiro atoms. The molecule has 0 unspecified atom stereocenters. The van der Waals surface area contributed by atoms with Crippen LogP contribution in [0.1, 0.15) is 54.6 Å². The Morgan fingerprint density at radius 3 is 2.20 bits per heavy atom. The largest absolute Gasteiger partial charge is 0.467 e. The first kappa shape index (κ1) is 25.7. The lowest BCUT2D eigenvalue weighted by molar-refractivity contribution is -0.133. The summed E-state index contributed by atoms with van der Waals surface area (Å²) in [6, 6.07) is 16.3. The molecule has 0 bridgehead atoms. The van der Waals surface area contributed by atoms with Gasteiger partial charge >= 0.3 is 0 Å². The molecule has 3 aromatic rings. The van der Waals surface area contributed by atoms with Gasteiger partial charge in [0, 0.05) is 23.8 Å². The minimum atomic E-state index is -2.93. The quantitative estimate of drug-likeness (QED) is 0.475. The van der Waals surface area contributed by atoms with Crippen LogP contribution in [-0.4, -0.2) is 47.2 Å². The van der Waals surface area contributed by atoms with Gasteiger partial charge in [-0.05, 0) is 61.1 Å². The van der Waals surface area contributed by atoms with Crippen LogP contribution in [0.4, 0.5) is 8.78 Å². The number of furan rings is 1. The summed E-state index contributed by atoms with van der Waals surface area (Å²) in [4.78, 5) is 41.7. The number of hydrogen-bond donors (Lipinski definition) is 2. The number of nitriles is 1. The van der Waals surface area contributed by atoms with Gasteiger partial charge in [0.2, 0.25) is 17.7 Å². The van der Waals surface area contributed by atoms with E-state index in [1.807, 2.05) is 18.2 Å². The zero-order valence-corrected chi connectivity index (χ0v) is 21.3. The predicted octanol–water partition coefficient (Wildman–Crippen LogP) is 4.25. The molecule has 2 aliphatic carbocycles. The van der Waals surface area contributed by atoms with Crippen LogP contribution in [-0.2, 0) is 14.3 Å². The van der Waals surface area contributed by atoms with Crippen LogP contribution in [0.2, 0.25) is 0 Å². The highest BCUT2D eigenvalue weighted by molar-refractivity contribution is 6.06. The minimum Gasteiger partial charge on any atom is -0.467 e. The van der Waals surface area contributed by atoms with Crippen molar-refractivity contribution in [3.63, 3.8) is 0 Å². The van der Waals surface area contributed by atoms with Gasteiger partial charge in [-0.1, -0.05) is 24.3 Å². The van der Waals surface area contributed by atoms with Crippen molar-refractivity contribution in [2.45, 2.75) is 55.5 Å². The molecule has 204 valence electrons. The first-order valence-electron chi connectivity index (χ1n) is 12.9. The molecule has 2 N–H and O–H groups in total. The van der Waals surface area contributed by atoms with Gasteiger partial charge in [0.05, 0.1) is 6.07 Å². The summed E-state index contributed by atoms with van der Waals surface area (Å²) < 4.78 is 39.1. The van der Waals surface area contributed by atoms with E-state index in [4.69, 9.17) is 9.15 Å². The lowest BCUT2D eigenvalue weighted by atomic mass is 9.78. The lowest BCUT2D eigenvalue weighted by Crippen LogP contribution is -2.62. The smallest absolute Gasteiger partial charge is 0.287 e. The standard InChI is InChI=1S/C29H24F2N4O5/c30-29(31)11-9-28(10-12-29,26(38)35-27(16-32)7-8-27)34-24(37)22-14-20-6-5-19(13-21(20)40-22)17-1-3-18(4-2-17)25-33-23(36)15-39-25/h1-6,13-14H,7-12,15H2,(H,34,37)(H,35,38). The van der Waals surface area contributed by atoms with Crippen LogP contribution in [0.25, 0.3) is 22.1 Å². The van der Waals surface area contributed by atoms with Gasteiger partial charge in [-0.3, -0.25) is 14.4 Å². The van der Waals surface area contributed by atoms with Crippen molar-refractivity contribution in [1.29, 1.82) is 5.26 Å². The SMILES string of the molecule is N#CC1(NC(=O)C2(NC(=O)c3cc4ccc(-c5ccc(C6=NC(=O)CO6)cc5)cc4o3)CCC(F)(F)CC2)CC1. The summed E-state index contributed by atoms with van der Waals surface area (Å²) >= 11 is 0. The molecule has 2 saturated carbocycles. The number of benzene rings is 2. The maximum atomic E-state index is 14.0. The second kappa shape index (κ2) is 9.26. The van der Waals surface area contributed by atoms with Crippen LogP contribution in [0.15, 0.2) is 57.9 Å². The first-order chi connectivity index (χ1) is 19.1. The number of nitrogens with zero attached hydrogens (tertiary/aromatic N) is 2. The zero-order valence-electron chi connectivity index (χ0n) is 21.3. The normalized spacial score (nSPS) is 20.2. The van der Waals surface area contributed by atoms with E-state index in [1.165, 1.54) is 6.07 Å². The van der Waals surface area contributed by atoms with Crippen LogP contribution in [0.3, 0.4) is 0 Å². The number of alkyl halides is 2. The van der Waals surface area contributed by atoms with Gasteiger partial charge in [-0.25, -0.2) is 8.78 Å². The van der Waals surface area contributed by atoms with E-state index >= 15 is 0 Å². The third kappa shape index (κ3) is 4.81. The van der Waals surface area contributed by atoms with E-state index < -0.39 is 41.7 Å². The van der Waals surface area contributed by atoms with Gasteiger partial charge in [0.1, 0.15) is 16.7 Å². The number of carbonyl (C=O) groups excluding carboxylic acids is 3. The number of amides is 3. The third-order valence-electron chi connectivity index (χ3n) is 7.71. The molecular formula is C29H24F2N4O5. The average Bonchev–Trinajstić information content (AvgIpc) is 3.36. The maximum Gasteiger partial charge on any atom is 0.287 e. The van der Waals surface area contributed by atoms with Gasteiger partial charge in [0.15, 0.2) is 12.4 Å². The summed E-state index contributed by atoms with van der Waals surface area (Å²) in [6.07, 6.45) is -0.675. The van der Waals surface area contributed by atoms with E-state index in [1.54, 1.807) is 24.3 Å². The maximum absolute atomic E-state index is 14.0. The van der Waals surface area contributed by atoms with Crippen molar-refractivity contribution in [3.8, 4) is 17.2 Å². The Morgan fingerprint density at radius 1 is 0.900 bits per heavy atom. The van der Waals surface area contributed by atoms with Gasteiger partial charge in [-0.2, -0.15) is 10.3 Å². The monoisotopic (exact) mass is 546 g/mol. The number of fused-ring (bicyclic) bond motifs is 1. The zero-order chi connectivity index (χ0) is 28.1. The van der Waals surface area contributed by atoms with Crippen LogP contribution in [0, 0.1) is 11.3 Å². The van der Waals surface area contributed by atoms with E-state index in [0.717, 1.165) is 11.1 Å². The fourth-order valence-corrected chi connectivity index (χ4v) is 5.04. The highest BCUT2D eigenvalue weighted by atomic mass is 19.3. The fraction of sp³-hybridized carbons (Fsp3) is 0.345. The number of carbonyl (C=O) groups is 3. The average molecular weight is 547 g/mol. The number of rotatable bonds is 6. The van der Waals surface area contributed by atoms with Crippen molar-refractivity contribution in [1.82, 2.24) is 10.6 Å². The van der Waals surface area contributed by atoms with E-state index in [-0.39, 0.29) is 37.0 Å². The molecule has 11 heteroatoms. The van der Waals surface area contributed by atoms with Crippen molar-refractivity contribution in [2.24, 2.45) is 4.99 Å². The van der Waals surface area contributed by atoms with Gasteiger partial charge in [0.25, 0.3) is 11.8 Å². The van der Waals surface area contributed by atoms with Crippen molar-refractivity contribution in [3.05, 3.63) is 59.9 Å². The Balaban J connectivity index is 1.22. The van der Waals surface area contributed by atoms with E-state index in [9.17, 15) is 28.4 Å². The van der Waals surface area contributed by atoms with E-state index in [2.05, 4.69) is 21.7 Å². The number of ether oxygens (including phenoxy) is 1. The molecule has 6 rings (SSSR count). The summed E-state index contributed by atoms with van der Waals surface area (Å²) in [7, 11) is 0. The van der Waals surface area contributed by atoms with E-state index in [0.29, 0.717) is 29.4 Å². The molecule has 1 aromatic heterocycles. The number of hydrogen-bond acceptors (Lipinski definition) is 6. The van der Waals surface area contributed by atoms with Crippen LogP contribution < -0.4 is 10.6 Å². The summed E-state index contributed by atoms with van der Waals surface area (Å²) in [5, 5.41) is 15.4. The first-order valence-corrected chi connectivity index (χ1v) is 12.9. The molecule has 0 saturated heterocycles. The molecule has 1 aliphatic heterocycles. The highest BCUT2D eigenvalue weighted by Gasteiger charge is 2.53. The Hall–Kier alpha value is -4.59. The Morgan fingerprint density at radius 2 is 1.57 bits per heavy atom. The Kier molecular flexibility index (Phi) is 5.94. The second-order valence-corrected chi connectivity index (χ2v) is 10.6. The third-order valence-corrected chi connectivity index (χ3v) is 7.71. The van der Waals surface area contributed by atoms with Crippen LogP contribution in [0.5, 0.6) is 0 Å². The Bertz CT molecular complexity index is 1610. The molecule has 2 aromatic carbocycles. The van der Waals surface area contributed by atoms with Crippen molar-refractivity contribution in [2.75, 3.05) is 6.61 Å². The topological polar surface area (TPSA) is 134 Å². The highest BCUT2D eigenvalue weighted by Crippen LogP contribution is 2.41. The van der Waals surface area contributed by atoms with Crippen LogP contribution >= 0.6 is 0 Å². The van der Waals surface area contributed by atoms with Gasteiger partial charge in [-0.15, -0.1) is 0 Å².